The molecule has 0 atom stereocenters. The van der Waals surface area contributed by atoms with Crippen LogP contribution >= 0.6 is 0 Å². The molecular weight excluding hydrogens is 274 g/mol. The van der Waals surface area contributed by atoms with E-state index in [2.05, 4.69) is 4.98 Å². The summed E-state index contributed by atoms with van der Waals surface area (Å²) in [6.45, 7) is 0.548. The van der Waals surface area contributed by atoms with Crippen molar-refractivity contribution in [3.8, 4) is 17.0 Å². The first-order valence-corrected chi connectivity index (χ1v) is 7.18. The summed E-state index contributed by atoms with van der Waals surface area (Å²) in [5, 5.41) is 9.20. The van der Waals surface area contributed by atoms with E-state index in [4.69, 9.17) is 4.74 Å². The Morgan fingerprint density at radius 1 is 0.818 bits per heavy atom. The number of aliphatic hydroxyl groups excluding tert-OH is 1. The van der Waals surface area contributed by atoms with E-state index in [0.29, 0.717) is 12.5 Å². The molecule has 0 fully saturated rings. The standard InChI is InChI=1S/C19H17NO2/c21-13-16-7-4-8-17(11-16)18-9-10-19(20-12-18)22-14-15-5-2-1-3-6-15/h1-12,21H,13-14H2. The first-order valence-electron chi connectivity index (χ1n) is 7.18. The van der Waals surface area contributed by atoms with Crippen LogP contribution in [-0.4, -0.2) is 10.1 Å². The fourth-order valence-corrected chi connectivity index (χ4v) is 2.22. The third-order valence-corrected chi connectivity index (χ3v) is 3.41. The number of ether oxygens (including phenoxy) is 1. The Kier molecular flexibility index (Phi) is 4.47. The van der Waals surface area contributed by atoms with Gasteiger partial charge in [-0.05, 0) is 28.8 Å². The maximum atomic E-state index is 9.20. The molecule has 0 aliphatic rings. The zero-order valence-electron chi connectivity index (χ0n) is 12.1. The number of aromatic nitrogens is 1. The van der Waals surface area contributed by atoms with Crippen molar-refractivity contribution in [3.05, 3.63) is 84.1 Å². The van der Waals surface area contributed by atoms with Crippen molar-refractivity contribution >= 4 is 0 Å². The van der Waals surface area contributed by atoms with Crippen molar-refractivity contribution in [1.82, 2.24) is 4.98 Å². The molecule has 110 valence electrons. The van der Waals surface area contributed by atoms with Gasteiger partial charge in [-0.2, -0.15) is 0 Å². The zero-order valence-corrected chi connectivity index (χ0v) is 12.1. The smallest absolute Gasteiger partial charge is 0.213 e. The molecule has 0 aliphatic carbocycles. The number of rotatable bonds is 5. The molecule has 3 rings (SSSR count). The molecule has 3 nitrogen and oxygen atoms in total. The van der Waals surface area contributed by atoms with Crippen LogP contribution in [0.5, 0.6) is 5.88 Å². The van der Waals surface area contributed by atoms with Gasteiger partial charge < -0.3 is 9.84 Å². The predicted octanol–water partition coefficient (Wildman–Crippen LogP) is 3.82. The third-order valence-electron chi connectivity index (χ3n) is 3.41. The summed E-state index contributed by atoms with van der Waals surface area (Å²) in [5.74, 6) is 0.603. The molecule has 0 saturated carbocycles. The first-order chi connectivity index (χ1) is 10.8. The lowest BCUT2D eigenvalue weighted by Gasteiger charge is -2.07. The van der Waals surface area contributed by atoms with Crippen LogP contribution in [0.1, 0.15) is 11.1 Å². The van der Waals surface area contributed by atoms with Gasteiger partial charge in [0.1, 0.15) is 6.61 Å². The lowest BCUT2D eigenvalue weighted by molar-refractivity contribution is 0.282. The van der Waals surface area contributed by atoms with Gasteiger partial charge in [-0.25, -0.2) is 4.98 Å². The second-order valence-corrected chi connectivity index (χ2v) is 5.02. The van der Waals surface area contributed by atoms with Crippen LogP contribution in [0.15, 0.2) is 72.9 Å². The molecule has 3 heteroatoms. The first kappa shape index (κ1) is 14.3. The van der Waals surface area contributed by atoms with E-state index < -0.39 is 0 Å². The molecule has 0 radical (unpaired) electrons. The highest BCUT2D eigenvalue weighted by atomic mass is 16.5. The van der Waals surface area contributed by atoms with Gasteiger partial charge in [0, 0.05) is 17.8 Å². The van der Waals surface area contributed by atoms with Crippen LogP contribution in [0.4, 0.5) is 0 Å². The molecule has 1 heterocycles. The van der Waals surface area contributed by atoms with E-state index in [-0.39, 0.29) is 6.61 Å². The maximum absolute atomic E-state index is 9.20. The number of aliphatic hydroxyl groups is 1. The van der Waals surface area contributed by atoms with Gasteiger partial charge in [0.05, 0.1) is 6.61 Å². The lowest BCUT2D eigenvalue weighted by atomic mass is 10.1. The minimum Gasteiger partial charge on any atom is -0.473 e. The minimum absolute atomic E-state index is 0.0412. The molecule has 3 aromatic rings. The molecule has 1 N–H and O–H groups in total. The summed E-state index contributed by atoms with van der Waals surface area (Å²) in [6, 6.07) is 21.6. The largest absolute Gasteiger partial charge is 0.473 e. The van der Waals surface area contributed by atoms with Crippen molar-refractivity contribution in [2.75, 3.05) is 0 Å². The van der Waals surface area contributed by atoms with Crippen molar-refractivity contribution in [2.24, 2.45) is 0 Å². The number of hydrogen-bond donors (Lipinski definition) is 1. The van der Waals surface area contributed by atoms with Crippen LogP contribution < -0.4 is 4.74 Å². The fourth-order valence-electron chi connectivity index (χ4n) is 2.22. The topological polar surface area (TPSA) is 42.4 Å². The Labute approximate surface area is 129 Å². The van der Waals surface area contributed by atoms with E-state index >= 15 is 0 Å². The van der Waals surface area contributed by atoms with Gasteiger partial charge >= 0.3 is 0 Å². The number of hydrogen-bond acceptors (Lipinski definition) is 3. The molecule has 0 bridgehead atoms. The van der Waals surface area contributed by atoms with Gasteiger partial charge in [0.2, 0.25) is 5.88 Å². The Morgan fingerprint density at radius 2 is 1.64 bits per heavy atom. The fraction of sp³-hybridized carbons (Fsp3) is 0.105. The van der Waals surface area contributed by atoms with Crippen LogP contribution in [-0.2, 0) is 13.2 Å². The SMILES string of the molecule is OCc1cccc(-c2ccc(OCc3ccccc3)nc2)c1. The third kappa shape index (κ3) is 3.51. The van der Waals surface area contributed by atoms with Gasteiger partial charge in [-0.3, -0.25) is 0 Å². The highest BCUT2D eigenvalue weighted by Gasteiger charge is 2.02. The van der Waals surface area contributed by atoms with Crippen molar-refractivity contribution < 1.29 is 9.84 Å². The highest BCUT2D eigenvalue weighted by Crippen LogP contribution is 2.21. The van der Waals surface area contributed by atoms with Gasteiger partial charge in [0.25, 0.3) is 0 Å². The summed E-state index contributed by atoms with van der Waals surface area (Å²) in [6.07, 6.45) is 1.79. The quantitative estimate of drug-likeness (QED) is 0.777. The normalized spacial score (nSPS) is 10.4. The zero-order chi connectivity index (χ0) is 15.2. The van der Waals surface area contributed by atoms with Gasteiger partial charge in [-0.1, -0.05) is 48.5 Å². The van der Waals surface area contributed by atoms with Crippen molar-refractivity contribution in [3.63, 3.8) is 0 Å². The molecule has 0 unspecified atom stereocenters. The molecule has 0 saturated heterocycles. The van der Waals surface area contributed by atoms with Crippen molar-refractivity contribution in [1.29, 1.82) is 0 Å². The van der Waals surface area contributed by atoms with Crippen LogP contribution in [0, 0.1) is 0 Å². The Bertz CT molecular complexity index is 724. The van der Waals surface area contributed by atoms with Crippen LogP contribution in [0.3, 0.4) is 0 Å². The van der Waals surface area contributed by atoms with E-state index in [0.717, 1.165) is 22.3 Å². The molecule has 2 aromatic carbocycles. The van der Waals surface area contributed by atoms with Crippen LogP contribution in [0.25, 0.3) is 11.1 Å². The Hall–Kier alpha value is -2.65. The second kappa shape index (κ2) is 6.87. The molecule has 1 aromatic heterocycles. The number of pyridine rings is 1. The average molecular weight is 291 g/mol. The summed E-state index contributed by atoms with van der Waals surface area (Å²) in [4.78, 5) is 4.34. The summed E-state index contributed by atoms with van der Waals surface area (Å²) in [5.41, 5.74) is 4.04. The molecule has 22 heavy (non-hydrogen) atoms. The lowest BCUT2D eigenvalue weighted by Crippen LogP contribution is -1.96. The molecule has 0 aliphatic heterocycles. The van der Waals surface area contributed by atoms with E-state index in [1.54, 1.807) is 6.20 Å². The van der Waals surface area contributed by atoms with Crippen molar-refractivity contribution in [2.45, 2.75) is 13.2 Å². The second-order valence-electron chi connectivity index (χ2n) is 5.02. The maximum Gasteiger partial charge on any atom is 0.213 e. The molecule has 0 spiro atoms. The summed E-state index contributed by atoms with van der Waals surface area (Å²) >= 11 is 0. The van der Waals surface area contributed by atoms with E-state index in [1.807, 2.05) is 66.7 Å². The molecular formula is C19H17NO2. The van der Waals surface area contributed by atoms with Gasteiger partial charge in [0.15, 0.2) is 0 Å². The van der Waals surface area contributed by atoms with Gasteiger partial charge in [-0.15, -0.1) is 0 Å². The number of benzene rings is 2. The Morgan fingerprint density at radius 3 is 2.36 bits per heavy atom. The summed E-state index contributed by atoms with van der Waals surface area (Å²) < 4.78 is 5.68. The summed E-state index contributed by atoms with van der Waals surface area (Å²) in [7, 11) is 0. The average Bonchev–Trinajstić information content (AvgIpc) is 2.61. The Balaban J connectivity index is 1.69. The predicted molar refractivity (Wildman–Crippen MR) is 86.4 cm³/mol. The van der Waals surface area contributed by atoms with Crippen LogP contribution in [0.2, 0.25) is 0 Å². The molecule has 0 amide bonds. The van der Waals surface area contributed by atoms with E-state index in [9.17, 15) is 5.11 Å². The van der Waals surface area contributed by atoms with E-state index in [1.165, 1.54) is 0 Å². The monoisotopic (exact) mass is 291 g/mol. The number of nitrogens with zero attached hydrogens (tertiary/aromatic N) is 1. The highest BCUT2D eigenvalue weighted by molar-refractivity contribution is 5.63. The minimum atomic E-state index is 0.0412.